The van der Waals surface area contributed by atoms with Crippen molar-refractivity contribution in [1.82, 2.24) is 4.90 Å². The Morgan fingerprint density at radius 2 is 2.24 bits per heavy atom. The number of rotatable bonds is 3. The molecule has 0 radical (unpaired) electrons. The Hall–Kier alpha value is -2.28. The normalized spacial score (nSPS) is 18.2. The van der Waals surface area contributed by atoms with Crippen molar-refractivity contribution < 1.29 is 19.4 Å². The van der Waals surface area contributed by atoms with Crippen LogP contribution in [-0.4, -0.2) is 48.2 Å². The lowest BCUT2D eigenvalue weighted by molar-refractivity contribution is 0.0697. The fourth-order valence-corrected chi connectivity index (χ4v) is 2.33. The fourth-order valence-electron chi connectivity index (χ4n) is 2.33. The van der Waals surface area contributed by atoms with E-state index >= 15 is 0 Å². The lowest BCUT2D eigenvalue weighted by atomic mass is 10.1. The Balaban J connectivity index is 2.15. The first kappa shape index (κ1) is 15.1. The molecule has 0 aromatic heterocycles. The summed E-state index contributed by atoms with van der Waals surface area (Å²) in [6.45, 7) is 1.13. The highest BCUT2D eigenvalue weighted by molar-refractivity contribution is 5.94. The molecule has 1 saturated heterocycles. The van der Waals surface area contributed by atoms with Gasteiger partial charge in [-0.2, -0.15) is 0 Å². The minimum absolute atomic E-state index is 0.0169. The maximum absolute atomic E-state index is 12.2. The third-order valence-electron chi connectivity index (χ3n) is 3.43. The van der Waals surface area contributed by atoms with E-state index in [0.717, 1.165) is 12.8 Å². The van der Waals surface area contributed by atoms with Crippen molar-refractivity contribution in [2.45, 2.75) is 18.9 Å². The molecule has 0 saturated carbocycles. The van der Waals surface area contributed by atoms with Crippen LogP contribution in [0.4, 0.5) is 10.5 Å². The van der Waals surface area contributed by atoms with Gasteiger partial charge in [-0.25, -0.2) is 9.59 Å². The number of nitrogens with two attached hydrogens (primary N) is 1. The number of nitrogens with zero attached hydrogens (tertiary/aromatic N) is 1. The number of piperidine rings is 1. The largest absolute Gasteiger partial charge is 0.495 e. The molecular formula is C14H19N3O4. The number of likely N-dealkylation sites (tertiary alicyclic amines) is 1. The van der Waals surface area contributed by atoms with Gasteiger partial charge in [-0.15, -0.1) is 0 Å². The number of benzene rings is 1. The number of nitrogens with one attached hydrogen (secondary N) is 1. The highest BCUT2D eigenvalue weighted by Gasteiger charge is 2.22. The molecule has 2 rings (SSSR count). The Labute approximate surface area is 122 Å². The lowest BCUT2D eigenvalue weighted by Crippen LogP contribution is -2.47. The maximum atomic E-state index is 12.2. The quantitative estimate of drug-likeness (QED) is 0.780. The third kappa shape index (κ3) is 3.63. The van der Waals surface area contributed by atoms with Gasteiger partial charge < -0.3 is 25.8 Å². The van der Waals surface area contributed by atoms with E-state index in [-0.39, 0.29) is 17.6 Å². The number of hydrogen-bond acceptors (Lipinski definition) is 4. The van der Waals surface area contributed by atoms with Gasteiger partial charge in [0.2, 0.25) is 0 Å². The topological polar surface area (TPSA) is 105 Å². The summed E-state index contributed by atoms with van der Waals surface area (Å²) in [5.74, 6) is -0.650. The molecule has 1 aromatic carbocycles. The monoisotopic (exact) mass is 293 g/mol. The summed E-state index contributed by atoms with van der Waals surface area (Å²) in [5, 5.41) is 11.7. The van der Waals surface area contributed by atoms with Crippen LogP contribution in [0.3, 0.4) is 0 Å². The minimum atomic E-state index is -1.06. The Morgan fingerprint density at radius 3 is 2.86 bits per heavy atom. The number of carbonyl (C=O) groups excluding carboxylic acids is 1. The second kappa shape index (κ2) is 6.45. The molecule has 7 heteroatoms. The van der Waals surface area contributed by atoms with Gasteiger partial charge in [0.15, 0.2) is 0 Å². The van der Waals surface area contributed by atoms with Gasteiger partial charge in [0, 0.05) is 19.1 Å². The van der Waals surface area contributed by atoms with E-state index in [0.29, 0.717) is 24.5 Å². The molecule has 114 valence electrons. The van der Waals surface area contributed by atoms with Crippen LogP contribution in [0.2, 0.25) is 0 Å². The molecule has 7 nitrogen and oxygen atoms in total. The van der Waals surface area contributed by atoms with Gasteiger partial charge in [-0.3, -0.25) is 0 Å². The smallest absolute Gasteiger partial charge is 0.335 e. The van der Waals surface area contributed by atoms with Crippen molar-refractivity contribution in [3.63, 3.8) is 0 Å². The Morgan fingerprint density at radius 1 is 1.48 bits per heavy atom. The van der Waals surface area contributed by atoms with Crippen LogP contribution in [0, 0.1) is 0 Å². The second-order valence-electron chi connectivity index (χ2n) is 5.00. The molecule has 4 N–H and O–H groups in total. The van der Waals surface area contributed by atoms with Crippen LogP contribution in [0.15, 0.2) is 18.2 Å². The summed E-state index contributed by atoms with van der Waals surface area (Å²) in [5.41, 5.74) is 6.27. The summed E-state index contributed by atoms with van der Waals surface area (Å²) < 4.78 is 5.14. The molecule has 0 aliphatic carbocycles. The first-order chi connectivity index (χ1) is 10.0. The molecule has 1 unspecified atom stereocenters. The zero-order valence-corrected chi connectivity index (χ0v) is 11.8. The van der Waals surface area contributed by atoms with Crippen molar-refractivity contribution >= 4 is 17.7 Å². The van der Waals surface area contributed by atoms with Crippen LogP contribution in [0.1, 0.15) is 23.2 Å². The zero-order valence-electron chi connectivity index (χ0n) is 11.8. The van der Waals surface area contributed by atoms with Gasteiger partial charge in [-0.05, 0) is 31.0 Å². The van der Waals surface area contributed by atoms with Crippen molar-refractivity contribution in [3.05, 3.63) is 23.8 Å². The van der Waals surface area contributed by atoms with E-state index in [1.54, 1.807) is 4.90 Å². The molecule has 0 spiro atoms. The number of anilines is 1. The minimum Gasteiger partial charge on any atom is -0.495 e. The average molecular weight is 293 g/mol. The molecule has 1 heterocycles. The molecule has 1 aromatic rings. The van der Waals surface area contributed by atoms with Gasteiger partial charge in [0.05, 0.1) is 18.4 Å². The van der Waals surface area contributed by atoms with Gasteiger partial charge in [-0.1, -0.05) is 0 Å². The predicted octanol–water partition coefficient (Wildman–Crippen LogP) is 1.35. The Kier molecular flexibility index (Phi) is 4.64. The van der Waals surface area contributed by atoms with Gasteiger partial charge in [0.1, 0.15) is 5.75 Å². The third-order valence-corrected chi connectivity index (χ3v) is 3.43. The Bertz CT molecular complexity index is 547. The summed E-state index contributed by atoms with van der Waals surface area (Å²) in [7, 11) is 1.46. The first-order valence-corrected chi connectivity index (χ1v) is 6.74. The van der Waals surface area contributed by atoms with E-state index in [1.807, 2.05) is 0 Å². The predicted molar refractivity (Wildman–Crippen MR) is 77.8 cm³/mol. The van der Waals surface area contributed by atoms with E-state index in [4.69, 9.17) is 15.6 Å². The molecule has 1 aliphatic rings. The van der Waals surface area contributed by atoms with Crippen molar-refractivity contribution in [1.29, 1.82) is 0 Å². The number of urea groups is 1. The van der Waals surface area contributed by atoms with E-state index < -0.39 is 5.97 Å². The van der Waals surface area contributed by atoms with E-state index in [1.165, 1.54) is 25.3 Å². The standard InChI is InChI=1S/C14H19N3O4/c1-21-12-5-4-9(13(18)19)7-11(12)16-14(20)17-6-2-3-10(15)8-17/h4-5,7,10H,2-3,6,8,15H2,1H3,(H,16,20)(H,18,19). The zero-order chi connectivity index (χ0) is 15.4. The molecule has 2 amide bonds. The van der Waals surface area contributed by atoms with Crippen LogP contribution in [0.5, 0.6) is 5.75 Å². The van der Waals surface area contributed by atoms with Gasteiger partial charge >= 0.3 is 12.0 Å². The number of carbonyl (C=O) groups is 2. The van der Waals surface area contributed by atoms with E-state index in [9.17, 15) is 9.59 Å². The number of carboxylic acid groups (broad SMARTS) is 1. The van der Waals surface area contributed by atoms with Crippen molar-refractivity contribution in [2.24, 2.45) is 5.73 Å². The molecular weight excluding hydrogens is 274 g/mol. The molecule has 1 aliphatic heterocycles. The van der Waals surface area contributed by atoms with Crippen LogP contribution in [-0.2, 0) is 0 Å². The average Bonchev–Trinajstić information content (AvgIpc) is 2.47. The highest BCUT2D eigenvalue weighted by Crippen LogP contribution is 2.26. The molecule has 1 fully saturated rings. The molecule has 1 atom stereocenters. The first-order valence-electron chi connectivity index (χ1n) is 6.74. The van der Waals surface area contributed by atoms with E-state index in [2.05, 4.69) is 5.32 Å². The van der Waals surface area contributed by atoms with Crippen LogP contribution >= 0.6 is 0 Å². The van der Waals surface area contributed by atoms with Crippen LogP contribution in [0.25, 0.3) is 0 Å². The highest BCUT2D eigenvalue weighted by atomic mass is 16.5. The molecule has 21 heavy (non-hydrogen) atoms. The number of amides is 2. The number of ether oxygens (including phenoxy) is 1. The van der Waals surface area contributed by atoms with Crippen molar-refractivity contribution in [3.8, 4) is 5.75 Å². The maximum Gasteiger partial charge on any atom is 0.335 e. The van der Waals surface area contributed by atoms with Gasteiger partial charge in [0.25, 0.3) is 0 Å². The number of methoxy groups -OCH3 is 1. The second-order valence-corrected chi connectivity index (χ2v) is 5.00. The molecule has 0 bridgehead atoms. The lowest BCUT2D eigenvalue weighted by Gasteiger charge is -2.30. The van der Waals surface area contributed by atoms with Crippen molar-refractivity contribution in [2.75, 3.05) is 25.5 Å². The number of aromatic carboxylic acids is 1. The number of carboxylic acids is 1. The summed E-state index contributed by atoms with van der Waals surface area (Å²) in [6, 6.07) is 4.00. The summed E-state index contributed by atoms with van der Waals surface area (Å²) in [4.78, 5) is 24.8. The summed E-state index contributed by atoms with van der Waals surface area (Å²) >= 11 is 0. The fraction of sp³-hybridized carbons (Fsp3) is 0.429. The van der Waals surface area contributed by atoms with Crippen LogP contribution < -0.4 is 15.8 Å². The number of hydrogen-bond donors (Lipinski definition) is 3. The summed E-state index contributed by atoms with van der Waals surface area (Å²) in [6.07, 6.45) is 1.77. The SMILES string of the molecule is COc1ccc(C(=O)O)cc1NC(=O)N1CCCC(N)C1.